The SMILES string of the molecule is CCCCCCCCCCCC=CCCCCCC(C(N)=O)C(CO)CCC. The zero-order valence-corrected chi connectivity index (χ0v) is 19.0. The molecule has 0 bridgehead atoms. The zero-order chi connectivity index (χ0) is 20.9. The molecule has 0 saturated heterocycles. The van der Waals surface area contributed by atoms with Crippen LogP contribution < -0.4 is 5.73 Å². The van der Waals surface area contributed by atoms with E-state index in [-0.39, 0.29) is 24.3 Å². The van der Waals surface area contributed by atoms with E-state index in [2.05, 4.69) is 26.0 Å². The molecule has 2 unspecified atom stereocenters. The van der Waals surface area contributed by atoms with Crippen LogP contribution in [0.5, 0.6) is 0 Å². The highest BCUT2D eigenvalue weighted by Crippen LogP contribution is 2.23. The van der Waals surface area contributed by atoms with E-state index in [1.54, 1.807) is 0 Å². The normalized spacial score (nSPS) is 13.8. The average molecular weight is 396 g/mol. The van der Waals surface area contributed by atoms with Gasteiger partial charge in [0.05, 0.1) is 0 Å². The van der Waals surface area contributed by atoms with Crippen LogP contribution in [0.4, 0.5) is 0 Å². The van der Waals surface area contributed by atoms with Crippen molar-refractivity contribution >= 4 is 5.91 Å². The largest absolute Gasteiger partial charge is 0.396 e. The maximum Gasteiger partial charge on any atom is 0.220 e. The predicted octanol–water partition coefficient (Wildman–Crippen LogP) is 6.92. The molecule has 3 N–H and O–H groups in total. The third kappa shape index (κ3) is 16.2. The maximum absolute atomic E-state index is 11.7. The quantitative estimate of drug-likeness (QED) is 0.163. The number of aliphatic hydroxyl groups excluding tert-OH is 1. The van der Waals surface area contributed by atoms with Crippen molar-refractivity contribution in [3.8, 4) is 0 Å². The number of carbonyl (C=O) groups is 1. The molecule has 28 heavy (non-hydrogen) atoms. The first-order valence-corrected chi connectivity index (χ1v) is 12.2. The van der Waals surface area contributed by atoms with Crippen molar-refractivity contribution in [3.05, 3.63) is 12.2 Å². The van der Waals surface area contributed by atoms with Crippen LogP contribution in [0.2, 0.25) is 0 Å². The molecule has 0 radical (unpaired) electrons. The fourth-order valence-electron chi connectivity index (χ4n) is 4.01. The summed E-state index contributed by atoms with van der Waals surface area (Å²) < 4.78 is 0. The van der Waals surface area contributed by atoms with Gasteiger partial charge in [-0.2, -0.15) is 0 Å². The van der Waals surface area contributed by atoms with Crippen LogP contribution >= 0.6 is 0 Å². The lowest BCUT2D eigenvalue weighted by Gasteiger charge is -2.22. The van der Waals surface area contributed by atoms with Gasteiger partial charge in [0.25, 0.3) is 0 Å². The Hall–Kier alpha value is -0.830. The van der Waals surface area contributed by atoms with Gasteiger partial charge < -0.3 is 10.8 Å². The Morgan fingerprint density at radius 3 is 1.71 bits per heavy atom. The Kier molecular flexibility index (Phi) is 20.3. The summed E-state index contributed by atoms with van der Waals surface area (Å²) in [6.07, 6.45) is 25.6. The van der Waals surface area contributed by atoms with Gasteiger partial charge in [0.15, 0.2) is 0 Å². The topological polar surface area (TPSA) is 63.3 Å². The Balaban J connectivity index is 3.55. The van der Waals surface area contributed by atoms with E-state index in [9.17, 15) is 9.90 Å². The molecule has 0 aromatic rings. The van der Waals surface area contributed by atoms with Crippen LogP contribution in [0.15, 0.2) is 12.2 Å². The molecule has 0 heterocycles. The summed E-state index contributed by atoms with van der Waals surface area (Å²) in [6.45, 7) is 4.43. The van der Waals surface area contributed by atoms with Crippen molar-refractivity contribution in [1.29, 1.82) is 0 Å². The third-order valence-corrected chi connectivity index (χ3v) is 5.86. The molecule has 0 saturated carbocycles. The minimum Gasteiger partial charge on any atom is -0.396 e. The molecule has 1 amide bonds. The molecule has 2 atom stereocenters. The second kappa shape index (κ2) is 20.9. The summed E-state index contributed by atoms with van der Waals surface area (Å²) in [4.78, 5) is 11.7. The first-order valence-electron chi connectivity index (χ1n) is 12.2. The van der Waals surface area contributed by atoms with Crippen LogP contribution in [0.1, 0.15) is 123 Å². The van der Waals surface area contributed by atoms with E-state index >= 15 is 0 Å². The highest BCUT2D eigenvalue weighted by atomic mass is 16.3. The number of primary amides is 1. The molecule has 0 aliphatic heterocycles. The van der Waals surface area contributed by atoms with Crippen molar-refractivity contribution in [2.45, 2.75) is 123 Å². The number of nitrogens with two attached hydrogens (primary N) is 1. The van der Waals surface area contributed by atoms with Crippen molar-refractivity contribution < 1.29 is 9.90 Å². The number of hydrogen-bond donors (Lipinski definition) is 2. The Labute approximate surface area is 175 Å². The fraction of sp³-hybridized carbons (Fsp3) is 0.880. The van der Waals surface area contributed by atoms with E-state index in [1.807, 2.05) is 0 Å². The summed E-state index contributed by atoms with van der Waals surface area (Å²) in [5, 5.41) is 9.49. The standard InChI is InChI=1S/C25H49NO2/c1-3-5-6-7-8-9-10-11-12-13-14-15-16-17-18-19-21-24(25(26)28)23(22-27)20-4-2/h14-15,23-24,27H,3-13,16-22H2,1-2H3,(H2,26,28). The molecule has 0 rings (SSSR count). The molecule has 0 aliphatic rings. The lowest BCUT2D eigenvalue weighted by Crippen LogP contribution is -2.32. The number of rotatable bonds is 21. The van der Waals surface area contributed by atoms with Gasteiger partial charge >= 0.3 is 0 Å². The van der Waals surface area contributed by atoms with Gasteiger partial charge in [0.2, 0.25) is 5.91 Å². The third-order valence-electron chi connectivity index (χ3n) is 5.86. The number of hydrogen-bond acceptors (Lipinski definition) is 2. The molecule has 166 valence electrons. The van der Waals surface area contributed by atoms with Gasteiger partial charge in [-0.15, -0.1) is 0 Å². The first kappa shape index (κ1) is 27.2. The average Bonchev–Trinajstić information content (AvgIpc) is 2.69. The first-order chi connectivity index (χ1) is 13.7. The van der Waals surface area contributed by atoms with Crippen LogP contribution in [0.3, 0.4) is 0 Å². The van der Waals surface area contributed by atoms with E-state index in [0.717, 1.165) is 38.5 Å². The molecule has 0 fully saturated rings. The summed E-state index contributed by atoms with van der Waals surface area (Å²) in [7, 11) is 0. The van der Waals surface area contributed by atoms with Gasteiger partial charge in [-0.1, -0.05) is 96.6 Å². The van der Waals surface area contributed by atoms with Crippen molar-refractivity contribution in [2.75, 3.05) is 6.61 Å². The molecule has 0 aromatic heterocycles. The lowest BCUT2D eigenvalue weighted by molar-refractivity contribution is -0.124. The Bertz CT molecular complexity index is 368. The van der Waals surface area contributed by atoms with Crippen LogP contribution in [-0.4, -0.2) is 17.6 Å². The molecule has 0 aliphatic carbocycles. The Morgan fingerprint density at radius 2 is 1.25 bits per heavy atom. The maximum atomic E-state index is 11.7. The number of amides is 1. The summed E-state index contributed by atoms with van der Waals surface area (Å²) >= 11 is 0. The zero-order valence-electron chi connectivity index (χ0n) is 19.0. The molecule has 0 spiro atoms. The van der Waals surface area contributed by atoms with Gasteiger partial charge in [-0.25, -0.2) is 0 Å². The molecule has 3 nitrogen and oxygen atoms in total. The monoisotopic (exact) mass is 395 g/mol. The lowest BCUT2D eigenvalue weighted by atomic mass is 9.84. The minimum atomic E-state index is -0.242. The van der Waals surface area contributed by atoms with Crippen LogP contribution in [-0.2, 0) is 4.79 Å². The molecular weight excluding hydrogens is 346 g/mol. The smallest absolute Gasteiger partial charge is 0.220 e. The van der Waals surface area contributed by atoms with Crippen LogP contribution in [0, 0.1) is 11.8 Å². The summed E-state index contributed by atoms with van der Waals surface area (Å²) in [5.41, 5.74) is 5.55. The van der Waals surface area contributed by atoms with Gasteiger partial charge in [0, 0.05) is 12.5 Å². The number of carbonyl (C=O) groups excluding carboxylic acids is 1. The van der Waals surface area contributed by atoms with E-state index in [0.29, 0.717) is 0 Å². The van der Waals surface area contributed by atoms with Gasteiger partial charge in [-0.3, -0.25) is 4.79 Å². The minimum absolute atomic E-state index is 0.0405. The van der Waals surface area contributed by atoms with Crippen molar-refractivity contribution in [1.82, 2.24) is 0 Å². The number of aliphatic hydroxyl groups is 1. The highest BCUT2D eigenvalue weighted by molar-refractivity contribution is 5.76. The predicted molar refractivity (Wildman–Crippen MR) is 122 cm³/mol. The van der Waals surface area contributed by atoms with E-state index in [4.69, 9.17) is 5.73 Å². The Morgan fingerprint density at radius 1 is 0.750 bits per heavy atom. The second-order valence-corrected chi connectivity index (χ2v) is 8.47. The molecular formula is C25H49NO2. The second-order valence-electron chi connectivity index (χ2n) is 8.47. The summed E-state index contributed by atoms with van der Waals surface area (Å²) in [6, 6.07) is 0. The molecule has 0 aromatic carbocycles. The summed E-state index contributed by atoms with van der Waals surface area (Å²) in [5.74, 6) is -0.362. The van der Waals surface area contributed by atoms with E-state index < -0.39 is 0 Å². The van der Waals surface area contributed by atoms with Gasteiger partial charge in [0.1, 0.15) is 0 Å². The van der Waals surface area contributed by atoms with Gasteiger partial charge in [-0.05, 0) is 44.4 Å². The molecule has 3 heteroatoms. The van der Waals surface area contributed by atoms with E-state index in [1.165, 1.54) is 70.6 Å². The van der Waals surface area contributed by atoms with Crippen molar-refractivity contribution in [2.24, 2.45) is 17.6 Å². The fourth-order valence-corrected chi connectivity index (χ4v) is 4.01. The number of allylic oxidation sites excluding steroid dienone is 2. The number of unbranched alkanes of at least 4 members (excludes halogenated alkanes) is 12. The van der Waals surface area contributed by atoms with Crippen molar-refractivity contribution in [3.63, 3.8) is 0 Å². The highest BCUT2D eigenvalue weighted by Gasteiger charge is 2.24. The van der Waals surface area contributed by atoms with Crippen LogP contribution in [0.25, 0.3) is 0 Å².